The number of methoxy groups -OCH3 is 1. The Balaban J connectivity index is 1.21. The Labute approximate surface area is 308 Å². The lowest BCUT2D eigenvalue weighted by Gasteiger charge is -2.35. The number of amides is 4. The van der Waals surface area contributed by atoms with Crippen LogP contribution in [-0.2, 0) is 0 Å². The second-order valence-corrected chi connectivity index (χ2v) is 14.4. The smallest absolute Gasteiger partial charge is 0.282 e. The van der Waals surface area contributed by atoms with Gasteiger partial charge in [-0.1, -0.05) is 89.5 Å². The third-order valence-corrected chi connectivity index (χ3v) is 11.2. The van der Waals surface area contributed by atoms with Crippen molar-refractivity contribution in [3.05, 3.63) is 101 Å². The molecule has 4 amide bonds. The number of benzene rings is 6. The molecule has 0 N–H and O–H groups in total. The first-order valence-electron chi connectivity index (χ1n) is 19.0. The summed E-state index contributed by atoms with van der Waals surface area (Å²) in [5.41, 5.74) is 2.61. The van der Waals surface area contributed by atoms with E-state index in [0.717, 1.165) is 102 Å². The van der Waals surface area contributed by atoms with E-state index < -0.39 is 11.8 Å². The number of hydrazone groups is 1. The molecular formula is C45H43N3O5. The van der Waals surface area contributed by atoms with Crippen LogP contribution in [0.25, 0.3) is 43.1 Å². The molecule has 0 saturated heterocycles. The molecule has 2 heterocycles. The van der Waals surface area contributed by atoms with E-state index in [1.54, 1.807) is 48.4 Å². The zero-order valence-corrected chi connectivity index (χ0v) is 30.5. The molecule has 0 saturated carbocycles. The lowest BCUT2D eigenvalue weighted by molar-refractivity contribution is 0.0515. The Hall–Kier alpha value is -5.63. The lowest BCUT2D eigenvalue weighted by Crippen LogP contribution is -2.47. The monoisotopic (exact) mass is 705 g/mol. The molecule has 0 fully saturated rings. The minimum atomic E-state index is -0.498. The van der Waals surface area contributed by atoms with Gasteiger partial charge < -0.3 is 4.74 Å². The fraction of sp³-hybridized carbons (Fsp3) is 0.311. The highest BCUT2D eigenvalue weighted by Crippen LogP contribution is 2.46. The number of unbranched alkanes of at least 4 members (excludes halogenated alkanes) is 6. The number of imide groups is 2. The number of carbonyl (C=O) groups is 4. The molecule has 2 aliphatic heterocycles. The summed E-state index contributed by atoms with van der Waals surface area (Å²) in [6.07, 6.45) is 11.9. The van der Waals surface area contributed by atoms with E-state index in [2.05, 4.69) is 18.9 Å². The van der Waals surface area contributed by atoms with E-state index >= 15 is 0 Å². The van der Waals surface area contributed by atoms with Crippen LogP contribution >= 0.6 is 0 Å². The van der Waals surface area contributed by atoms with Gasteiger partial charge in [-0.2, -0.15) is 10.1 Å². The third-order valence-electron chi connectivity index (χ3n) is 11.2. The number of rotatable bonds is 14. The number of fused-ring (bicyclic) bond motifs is 2. The molecule has 2 aliphatic rings. The zero-order valence-electron chi connectivity index (χ0n) is 30.5. The van der Waals surface area contributed by atoms with Gasteiger partial charge in [-0.3, -0.25) is 24.1 Å². The molecule has 0 spiro atoms. The first kappa shape index (κ1) is 34.5. The zero-order chi connectivity index (χ0) is 36.8. The minimum absolute atomic E-state index is 0.133. The van der Waals surface area contributed by atoms with Crippen molar-refractivity contribution in [2.75, 3.05) is 7.11 Å². The summed E-state index contributed by atoms with van der Waals surface area (Å²) in [5, 5.41) is 11.7. The van der Waals surface area contributed by atoms with Crippen molar-refractivity contribution in [1.82, 2.24) is 9.91 Å². The van der Waals surface area contributed by atoms with Crippen LogP contribution in [0.15, 0.2) is 77.9 Å². The maximum absolute atomic E-state index is 14.4. The van der Waals surface area contributed by atoms with E-state index in [9.17, 15) is 19.2 Å². The highest BCUT2D eigenvalue weighted by atomic mass is 16.5. The highest BCUT2D eigenvalue weighted by molar-refractivity contribution is 6.41. The van der Waals surface area contributed by atoms with Crippen LogP contribution < -0.4 is 4.74 Å². The Morgan fingerprint density at radius 3 is 1.40 bits per heavy atom. The average Bonchev–Trinajstić information content (AvgIpc) is 3.18. The summed E-state index contributed by atoms with van der Waals surface area (Å²) in [6, 6.07) is 22.1. The van der Waals surface area contributed by atoms with E-state index in [1.165, 1.54) is 6.21 Å². The van der Waals surface area contributed by atoms with Gasteiger partial charge in [0.05, 0.1) is 24.5 Å². The Morgan fingerprint density at radius 2 is 0.981 bits per heavy atom. The van der Waals surface area contributed by atoms with Gasteiger partial charge in [-0.05, 0) is 99.3 Å². The van der Waals surface area contributed by atoms with Crippen LogP contribution in [0.5, 0.6) is 5.75 Å². The predicted molar refractivity (Wildman–Crippen MR) is 211 cm³/mol. The summed E-state index contributed by atoms with van der Waals surface area (Å²) < 4.78 is 5.23. The van der Waals surface area contributed by atoms with Crippen LogP contribution in [0.3, 0.4) is 0 Å². The topological polar surface area (TPSA) is 96.4 Å². The minimum Gasteiger partial charge on any atom is -0.497 e. The van der Waals surface area contributed by atoms with Crippen LogP contribution in [0.2, 0.25) is 0 Å². The van der Waals surface area contributed by atoms with Crippen LogP contribution in [-0.4, -0.2) is 52.9 Å². The highest BCUT2D eigenvalue weighted by Gasteiger charge is 2.39. The molecule has 0 aliphatic carbocycles. The molecule has 0 unspecified atom stereocenters. The third kappa shape index (κ3) is 5.63. The van der Waals surface area contributed by atoms with E-state index in [0.29, 0.717) is 44.3 Å². The van der Waals surface area contributed by atoms with Crippen LogP contribution in [0, 0.1) is 0 Å². The fourth-order valence-electron chi connectivity index (χ4n) is 8.54. The van der Waals surface area contributed by atoms with Gasteiger partial charge in [-0.15, -0.1) is 0 Å². The summed E-state index contributed by atoms with van der Waals surface area (Å²) in [5.74, 6) is -0.739. The lowest BCUT2D eigenvalue weighted by atomic mass is 9.82. The van der Waals surface area contributed by atoms with Gasteiger partial charge in [0.1, 0.15) is 5.75 Å². The maximum Gasteiger partial charge on any atom is 0.282 e. The Bertz CT molecular complexity index is 2330. The summed E-state index contributed by atoms with van der Waals surface area (Å²) in [7, 11) is 1.59. The van der Waals surface area contributed by atoms with Gasteiger partial charge in [0.2, 0.25) is 0 Å². The number of carbonyl (C=O) groups excluding carboxylic acids is 4. The normalized spacial score (nSPS) is 14.5. The Morgan fingerprint density at radius 1 is 0.547 bits per heavy atom. The molecule has 0 atom stereocenters. The van der Waals surface area contributed by atoms with Crippen LogP contribution in [0.4, 0.5) is 0 Å². The summed E-state index contributed by atoms with van der Waals surface area (Å²) >= 11 is 0. The maximum atomic E-state index is 14.4. The number of ether oxygens (including phenoxy) is 1. The number of hydrogen-bond donors (Lipinski definition) is 0. The standard InChI is InChI=1S/C45H43N3O5/c1-4-6-8-10-12-28(13-11-9-7-5-2)47-42(49)34-22-18-30-32-20-24-36-41-37(45(52)48(44(36)51)46-26-27-14-16-29(53-3)17-15-27)25-21-33(39(32)41)31-19-23-35(43(47)50)40(34)38(30)31/h14-26,28H,4-13H2,1-3H3/b46-26+. The van der Waals surface area contributed by atoms with Crippen molar-refractivity contribution < 1.29 is 23.9 Å². The predicted octanol–water partition coefficient (Wildman–Crippen LogP) is 10.3. The van der Waals surface area contributed by atoms with E-state index in [-0.39, 0.29) is 17.9 Å². The van der Waals surface area contributed by atoms with E-state index in [4.69, 9.17) is 4.74 Å². The van der Waals surface area contributed by atoms with Crippen molar-refractivity contribution in [3.63, 3.8) is 0 Å². The molecule has 8 rings (SSSR count). The molecule has 268 valence electrons. The van der Waals surface area contributed by atoms with Crippen molar-refractivity contribution in [3.8, 4) is 5.75 Å². The second-order valence-electron chi connectivity index (χ2n) is 14.4. The van der Waals surface area contributed by atoms with Crippen molar-refractivity contribution in [2.45, 2.75) is 84.1 Å². The average molecular weight is 706 g/mol. The van der Waals surface area contributed by atoms with Gasteiger partial charge in [0, 0.05) is 27.9 Å². The fourth-order valence-corrected chi connectivity index (χ4v) is 8.54. The first-order valence-corrected chi connectivity index (χ1v) is 19.0. The SMILES string of the molecule is CCCCCCC(CCCCCC)N1C(=O)c2ccc3c4ccc5c6c(ccc(c7ccc(c2c37)C1=O)c64)C(=O)N(/N=C/c1ccc(OC)cc1)C5=O. The number of nitrogens with zero attached hydrogens (tertiary/aromatic N) is 3. The molecule has 6 aromatic carbocycles. The molecule has 53 heavy (non-hydrogen) atoms. The number of hydrogen-bond acceptors (Lipinski definition) is 6. The molecule has 8 heteroatoms. The van der Waals surface area contributed by atoms with Crippen molar-refractivity contribution in [2.24, 2.45) is 5.10 Å². The van der Waals surface area contributed by atoms with Crippen LogP contribution in [0.1, 0.15) is 125 Å². The summed E-state index contributed by atoms with van der Waals surface area (Å²) in [4.78, 5) is 58.2. The molecule has 6 aromatic rings. The molecule has 0 radical (unpaired) electrons. The van der Waals surface area contributed by atoms with Gasteiger partial charge in [0.25, 0.3) is 23.6 Å². The van der Waals surface area contributed by atoms with Gasteiger partial charge >= 0.3 is 0 Å². The second kappa shape index (κ2) is 14.1. The van der Waals surface area contributed by atoms with Crippen molar-refractivity contribution in [1.29, 1.82) is 0 Å². The van der Waals surface area contributed by atoms with Crippen molar-refractivity contribution >= 4 is 72.9 Å². The quantitative estimate of drug-likeness (QED) is 0.0370. The van der Waals surface area contributed by atoms with E-state index in [1.807, 2.05) is 36.4 Å². The molecular weight excluding hydrogens is 663 g/mol. The Kier molecular flexibility index (Phi) is 9.15. The molecule has 0 aromatic heterocycles. The molecule has 8 nitrogen and oxygen atoms in total. The van der Waals surface area contributed by atoms with Gasteiger partial charge in [-0.25, -0.2) is 0 Å². The van der Waals surface area contributed by atoms with Gasteiger partial charge in [0.15, 0.2) is 0 Å². The first-order chi connectivity index (χ1) is 25.9. The summed E-state index contributed by atoms with van der Waals surface area (Å²) in [6.45, 7) is 4.38. The molecule has 0 bridgehead atoms. The largest absolute Gasteiger partial charge is 0.497 e.